The van der Waals surface area contributed by atoms with E-state index < -0.39 is 37.1 Å². The van der Waals surface area contributed by atoms with E-state index in [1.807, 2.05) is 0 Å². The van der Waals surface area contributed by atoms with Crippen LogP contribution in [-0.2, 0) is 36.2 Å². The molecule has 2 aromatic rings. The molecule has 10 nitrogen and oxygen atoms in total. The molecule has 2 N–H and O–H groups in total. The van der Waals surface area contributed by atoms with Gasteiger partial charge in [0, 0.05) is 21.2 Å². The molecule has 0 amide bonds. The van der Waals surface area contributed by atoms with Gasteiger partial charge < -0.3 is 39.5 Å². The molecule has 0 aliphatic rings. The van der Waals surface area contributed by atoms with Crippen molar-refractivity contribution in [2.45, 2.75) is 13.8 Å². The normalized spacial score (nSPS) is 8.77. The summed E-state index contributed by atoms with van der Waals surface area (Å²) in [4.78, 5) is 39.3. The van der Waals surface area contributed by atoms with Crippen LogP contribution >= 0.6 is 46.4 Å². The molecule has 2 rings (SSSR count). The summed E-state index contributed by atoms with van der Waals surface area (Å²) in [6, 6.07) is 9.03. The average Bonchev–Trinajstić information content (AvgIpc) is 2.79. The molecule has 0 fully saturated rings. The number of aliphatic carboxylic acids is 4. The van der Waals surface area contributed by atoms with Gasteiger partial charge in [0.05, 0.1) is 22.0 Å². The second-order valence-corrected chi connectivity index (χ2v) is 8.33. The van der Waals surface area contributed by atoms with Crippen molar-refractivity contribution in [3.05, 3.63) is 80.8 Å². The summed E-state index contributed by atoms with van der Waals surface area (Å²) in [5.74, 6) is -3.92. The predicted octanol–water partition coefficient (Wildman–Crippen LogP) is 3.54. The smallest absolute Gasteiger partial charge is 0.546 e. The van der Waals surface area contributed by atoms with Crippen LogP contribution in [0.25, 0.3) is 0 Å². The van der Waals surface area contributed by atoms with E-state index in [9.17, 15) is 29.4 Å². The fourth-order valence-corrected chi connectivity index (χ4v) is 2.38. The van der Waals surface area contributed by atoms with Crippen LogP contribution in [0.5, 0.6) is 11.5 Å². The largest absolute Gasteiger partial charge is 2.00 e. The number of carboxylic acids is 4. The number of carboxylic acid groups (broad SMARTS) is 4. The minimum absolute atomic E-state index is 0. The number of benzene rings is 2. The quantitative estimate of drug-likeness (QED) is 0.311. The van der Waals surface area contributed by atoms with Crippen molar-refractivity contribution < 1.29 is 66.1 Å². The van der Waals surface area contributed by atoms with Gasteiger partial charge in [-0.25, -0.2) is 9.59 Å². The Balaban J connectivity index is -0.000000469. The van der Waals surface area contributed by atoms with Gasteiger partial charge >= 0.3 is 29.0 Å². The Morgan fingerprint density at radius 3 is 1.15 bits per heavy atom. The van der Waals surface area contributed by atoms with E-state index >= 15 is 0 Å². The van der Waals surface area contributed by atoms with E-state index in [2.05, 4.69) is 13.2 Å². The number of hydrogen-bond donors (Lipinski definition) is 2. The zero-order valence-electron chi connectivity index (χ0n) is 20.3. The number of ether oxygens (including phenoxy) is 2. The minimum atomic E-state index is -1.30. The Hall–Kier alpha value is -2.92. The second-order valence-electron chi connectivity index (χ2n) is 6.64. The van der Waals surface area contributed by atoms with Crippen LogP contribution in [0.2, 0.25) is 20.1 Å². The number of carbonyl (C=O) groups is 4. The van der Waals surface area contributed by atoms with Crippen molar-refractivity contribution in [1.82, 2.24) is 0 Å². The molecular formula is C24H22Cl4CuO10. The molecule has 0 bridgehead atoms. The summed E-state index contributed by atoms with van der Waals surface area (Å²) in [6.07, 6.45) is 0. The first-order valence-electron chi connectivity index (χ1n) is 9.80. The summed E-state index contributed by atoms with van der Waals surface area (Å²) < 4.78 is 9.60. The van der Waals surface area contributed by atoms with Gasteiger partial charge in [0.1, 0.15) is 24.7 Å². The van der Waals surface area contributed by atoms with Gasteiger partial charge in [-0.05, 0) is 50.2 Å². The standard InChI is InChI=1S/2C8H6Cl2O3.2C4H6O2.Cu/c2*9-5-1-2-7(6(10)3-5)13-4-8(11)12;2*1-3(2)4(5)6;/h2*1-3H,4H2,(H,11,12);2*1H2,2H3,(H,5,6);/q;;;;+2/p-2. The average molecular weight is 676 g/mol. The molecule has 0 spiro atoms. The molecule has 0 saturated carbocycles. The molecule has 0 saturated heterocycles. The third-order valence-corrected chi connectivity index (χ3v) is 4.27. The Morgan fingerprint density at radius 1 is 0.718 bits per heavy atom. The van der Waals surface area contributed by atoms with Crippen molar-refractivity contribution in [2.75, 3.05) is 13.2 Å². The van der Waals surface area contributed by atoms with E-state index in [0.29, 0.717) is 10.0 Å². The SMILES string of the molecule is C=C(C)C(=O)O.C=C(C)C(=O)O.O=C([O-])COc1ccc(Cl)cc1Cl.O=C([O-])COc1ccc(Cl)cc1Cl.[Cu+2]. The van der Waals surface area contributed by atoms with Crippen molar-refractivity contribution in [1.29, 1.82) is 0 Å². The first kappa shape index (κ1) is 40.6. The van der Waals surface area contributed by atoms with Crippen molar-refractivity contribution >= 4 is 70.3 Å². The minimum Gasteiger partial charge on any atom is -0.546 e. The van der Waals surface area contributed by atoms with Crippen LogP contribution in [0.3, 0.4) is 0 Å². The Kier molecular flexibility index (Phi) is 22.8. The molecule has 217 valence electrons. The van der Waals surface area contributed by atoms with Gasteiger partial charge in [-0.15, -0.1) is 0 Å². The van der Waals surface area contributed by atoms with E-state index in [0.717, 1.165) is 0 Å². The van der Waals surface area contributed by atoms with E-state index in [1.54, 1.807) is 12.1 Å². The molecule has 0 atom stereocenters. The van der Waals surface area contributed by atoms with Crippen molar-refractivity contribution in [2.24, 2.45) is 0 Å². The van der Waals surface area contributed by atoms with E-state index in [4.69, 9.17) is 66.1 Å². The molecule has 0 aliphatic heterocycles. The maximum atomic E-state index is 10.0. The number of rotatable bonds is 8. The van der Waals surface area contributed by atoms with Crippen LogP contribution in [0.1, 0.15) is 13.8 Å². The predicted molar refractivity (Wildman–Crippen MR) is 139 cm³/mol. The summed E-state index contributed by atoms with van der Waals surface area (Å²) in [5.41, 5.74) is 0.352. The molecule has 39 heavy (non-hydrogen) atoms. The Bertz CT molecular complexity index is 1040. The first-order chi connectivity index (χ1) is 17.5. The van der Waals surface area contributed by atoms with Crippen LogP contribution in [-0.4, -0.2) is 47.3 Å². The molecule has 1 radical (unpaired) electrons. The second kappa shape index (κ2) is 22.0. The Labute approximate surface area is 254 Å². The maximum absolute atomic E-state index is 10.0. The van der Waals surface area contributed by atoms with Crippen LogP contribution in [0.4, 0.5) is 0 Å². The first-order valence-corrected chi connectivity index (χ1v) is 11.3. The molecule has 0 unspecified atom stereocenters. The van der Waals surface area contributed by atoms with Crippen LogP contribution in [0, 0.1) is 0 Å². The van der Waals surface area contributed by atoms with Crippen LogP contribution in [0.15, 0.2) is 60.7 Å². The zero-order chi connectivity index (χ0) is 30.0. The molecule has 0 aromatic heterocycles. The van der Waals surface area contributed by atoms with Gasteiger partial charge in [0.15, 0.2) is 0 Å². The molecule has 15 heteroatoms. The Morgan fingerprint density at radius 2 is 0.974 bits per heavy atom. The molecule has 2 aromatic carbocycles. The molecular weight excluding hydrogens is 654 g/mol. The van der Waals surface area contributed by atoms with Crippen molar-refractivity contribution in [3.63, 3.8) is 0 Å². The fraction of sp³-hybridized carbons (Fsp3) is 0.167. The van der Waals surface area contributed by atoms with Gasteiger partial charge in [0.25, 0.3) is 0 Å². The summed E-state index contributed by atoms with van der Waals surface area (Å²) in [7, 11) is 0. The third-order valence-electron chi connectivity index (χ3n) is 3.21. The molecule has 0 heterocycles. The van der Waals surface area contributed by atoms with Gasteiger partial charge in [-0.3, -0.25) is 0 Å². The summed E-state index contributed by atoms with van der Waals surface area (Å²) in [6.45, 7) is 8.15. The summed E-state index contributed by atoms with van der Waals surface area (Å²) >= 11 is 22.6. The number of halogens is 4. The van der Waals surface area contributed by atoms with Crippen molar-refractivity contribution in [3.8, 4) is 11.5 Å². The van der Waals surface area contributed by atoms with Gasteiger partial charge in [-0.1, -0.05) is 59.6 Å². The van der Waals surface area contributed by atoms with E-state index in [-0.39, 0.29) is 49.8 Å². The maximum Gasteiger partial charge on any atom is 2.00 e. The van der Waals surface area contributed by atoms with Gasteiger partial charge in [0.2, 0.25) is 0 Å². The number of hydrogen-bond acceptors (Lipinski definition) is 8. The number of carbonyl (C=O) groups excluding carboxylic acids is 2. The van der Waals surface area contributed by atoms with Crippen LogP contribution < -0.4 is 19.7 Å². The van der Waals surface area contributed by atoms with Gasteiger partial charge in [-0.2, -0.15) is 0 Å². The fourth-order valence-electron chi connectivity index (χ4n) is 1.46. The van der Waals surface area contributed by atoms with E-state index in [1.165, 1.54) is 38.1 Å². The molecule has 0 aliphatic carbocycles. The zero-order valence-corrected chi connectivity index (χ0v) is 24.2. The third kappa shape index (κ3) is 22.7. The summed E-state index contributed by atoms with van der Waals surface area (Å²) in [5, 5.41) is 37.3. The topological polar surface area (TPSA) is 173 Å². The monoisotopic (exact) mass is 673 g/mol.